The summed E-state index contributed by atoms with van der Waals surface area (Å²) in [6.45, 7) is 0.430. The van der Waals surface area contributed by atoms with E-state index in [2.05, 4.69) is 0 Å². The first kappa shape index (κ1) is 18.0. The number of amides is 2. The van der Waals surface area contributed by atoms with Gasteiger partial charge < -0.3 is 20.3 Å². The summed E-state index contributed by atoms with van der Waals surface area (Å²) in [7, 11) is 0. The molecular weight excluding hydrogens is 364 g/mol. The van der Waals surface area contributed by atoms with E-state index in [1.165, 1.54) is 6.07 Å². The molecule has 2 aromatic rings. The zero-order chi connectivity index (χ0) is 19.9. The van der Waals surface area contributed by atoms with Gasteiger partial charge in [-0.15, -0.1) is 0 Å². The van der Waals surface area contributed by atoms with Crippen LogP contribution in [0.4, 0.5) is 5.69 Å². The third kappa shape index (κ3) is 2.87. The van der Waals surface area contributed by atoms with Crippen LogP contribution in [-0.4, -0.2) is 42.5 Å². The average Bonchev–Trinajstić information content (AvgIpc) is 2.89. The molecule has 8 heteroatoms. The number of aliphatic hydroxyl groups is 1. The second-order valence-corrected chi connectivity index (χ2v) is 6.69. The fourth-order valence-electron chi connectivity index (χ4n) is 3.54. The minimum atomic E-state index is -2.07. The Balaban J connectivity index is 1.66. The van der Waals surface area contributed by atoms with Crippen molar-refractivity contribution < 1.29 is 29.0 Å². The number of ether oxygens (including phenoxy) is 2. The van der Waals surface area contributed by atoms with Gasteiger partial charge in [-0.3, -0.25) is 19.3 Å². The molecule has 4 rings (SSSR count). The highest BCUT2D eigenvalue weighted by Crippen LogP contribution is 2.43. The number of anilines is 1. The summed E-state index contributed by atoms with van der Waals surface area (Å²) < 4.78 is 10.9. The first-order valence-electron chi connectivity index (χ1n) is 8.75. The molecule has 0 saturated carbocycles. The zero-order valence-corrected chi connectivity index (χ0v) is 14.9. The third-order valence-corrected chi connectivity index (χ3v) is 4.83. The number of carbonyl (C=O) groups excluding carboxylic acids is 3. The first-order chi connectivity index (χ1) is 13.4. The SMILES string of the molecule is NC(=O)CN1C(=O)[C@@](O)(CC(=O)c2ccc3c(c2)OCCO3)c2ccccc21. The number of benzene rings is 2. The van der Waals surface area contributed by atoms with Gasteiger partial charge in [0, 0.05) is 11.1 Å². The number of para-hydroxylation sites is 1. The molecule has 2 aliphatic heterocycles. The van der Waals surface area contributed by atoms with Crippen LogP contribution in [0.2, 0.25) is 0 Å². The van der Waals surface area contributed by atoms with Crippen molar-refractivity contribution in [2.75, 3.05) is 24.7 Å². The molecule has 144 valence electrons. The molecule has 28 heavy (non-hydrogen) atoms. The Morgan fingerprint density at radius 1 is 1.11 bits per heavy atom. The van der Waals surface area contributed by atoms with Crippen molar-refractivity contribution in [3.63, 3.8) is 0 Å². The van der Waals surface area contributed by atoms with Crippen LogP contribution in [0.1, 0.15) is 22.3 Å². The second-order valence-electron chi connectivity index (χ2n) is 6.69. The van der Waals surface area contributed by atoms with Gasteiger partial charge in [-0.05, 0) is 24.3 Å². The molecule has 8 nitrogen and oxygen atoms in total. The van der Waals surface area contributed by atoms with Crippen LogP contribution in [0.3, 0.4) is 0 Å². The fourth-order valence-corrected chi connectivity index (χ4v) is 3.54. The summed E-state index contributed by atoms with van der Waals surface area (Å²) in [6, 6.07) is 11.2. The monoisotopic (exact) mass is 382 g/mol. The number of rotatable bonds is 5. The van der Waals surface area contributed by atoms with Crippen LogP contribution in [0.15, 0.2) is 42.5 Å². The Bertz CT molecular complexity index is 988. The highest BCUT2D eigenvalue weighted by atomic mass is 16.6. The predicted molar refractivity (Wildman–Crippen MR) is 98.3 cm³/mol. The molecule has 0 aromatic heterocycles. The zero-order valence-electron chi connectivity index (χ0n) is 14.9. The van der Waals surface area contributed by atoms with E-state index in [4.69, 9.17) is 15.2 Å². The molecule has 0 bridgehead atoms. The smallest absolute Gasteiger partial charge is 0.264 e. The minimum absolute atomic E-state index is 0.271. The van der Waals surface area contributed by atoms with E-state index in [0.29, 0.717) is 30.4 Å². The van der Waals surface area contributed by atoms with Crippen LogP contribution >= 0.6 is 0 Å². The number of ketones is 1. The van der Waals surface area contributed by atoms with Crippen molar-refractivity contribution in [1.82, 2.24) is 0 Å². The lowest BCUT2D eigenvalue weighted by molar-refractivity contribution is -0.136. The van der Waals surface area contributed by atoms with Crippen LogP contribution in [0.25, 0.3) is 0 Å². The first-order valence-corrected chi connectivity index (χ1v) is 8.75. The number of fused-ring (bicyclic) bond motifs is 2. The van der Waals surface area contributed by atoms with Crippen molar-refractivity contribution >= 4 is 23.3 Å². The van der Waals surface area contributed by atoms with Crippen LogP contribution in [-0.2, 0) is 15.2 Å². The molecule has 0 spiro atoms. The Kier molecular flexibility index (Phi) is 4.27. The number of nitrogens with two attached hydrogens (primary N) is 1. The maximum Gasteiger partial charge on any atom is 0.264 e. The quantitative estimate of drug-likeness (QED) is 0.737. The maximum absolute atomic E-state index is 12.9. The van der Waals surface area contributed by atoms with E-state index < -0.39 is 29.6 Å². The van der Waals surface area contributed by atoms with E-state index in [1.807, 2.05) is 0 Å². The summed E-state index contributed by atoms with van der Waals surface area (Å²) in [6.07, 6.45) is -0.474. The molecule has 0 radical (unpaired) electrons. The number of Topliss-reactive ketones (excluding diaryl/α,β-unsaturated/α-hetero) is 1. The average molecular weight is 382 g/mol. The van der Waals surface area contributed by atoms with Crippen molar-refractivity contribution in [2.24, 2.45) is 5.73 Å². The molecule has 0 aliphatic carbocycles. The van der Waals surface area contributed by atoms with Crippen molar-refractivity contribution in [2.45, 2.75) is 12.0 Å². The summed E-state index contributed by atoms with van der Waals surface area (Å²) >= 11 is 0. The third-order valence-electron chi connectivity index (χ3n) is 4.83. The van der Waals surface area contributed by atoms with Crippen LogP contribution in [0.5, 0.6) is 11.5 Å². The van der Waals surface area contributed by atoms with Gasteiger partial charge in [0.05, 0.1) is 12.1 Å². The van der Waals surface area contributed by atoms with E-state index in [-0.39, 0.29) is 17.7 Å². The molecule has 2 heterocycles. The number of carbonyl (C=O) groups is 3. The highest BCUT2D eigenvalue weighted by Gasteiger charge is 2.51. The normalized spacial score (nSPS) is 20.0. The van der Waals surface area contributed by atoms with Gasteiger partial charge >= 0.3 is 0 Å². The number of nitrogens with zero attached hydrogens (tertiary/aromatic N) is 1. The molecular formula is C20H18N2O6. The standard InChI is InChI=1S/C20H18N2O6/c21-18(24)11-22-14-4-2-1-3-13(14)20(26,19(22)25)10-15(23)12-5-6-16-17(9-12)28-8-7-27-16/h1-6,9,26H,7-8,10-11H2,(H2,21,24)/t20-/m1/s1. The van der Waals surface area contributed by atoms with E-state index in [9.17, 15) is 19.5 Å². The topological polar surface area (TPSA) is 119 Å². The molecule has 2 aromatic carbocycles. The van der Waals surface area contributed by atoms with Crippen molar-refractivity contribution in [3.8, 4) is 11.5 Å². The van der Waals surface area contributed by atoms with Gasteiger partial charge in [0.25, 0.3) is 5.91 Å². The lowest BCUT2D eigenvalue weighted by Gasteiger charge is -2.23. The molecule has 2 amide bonds. The molecule has 1 atom stereocenters. The second kappa shape index (κ2) is 6.65. The Morgan fingerprint density at radius 2 is 1.82 bits per heavy atom. The summed E-state index contributed by atoms with van der Waals surface area (Å²) in [4.78, 5) is 38.2. The minimum Gasteiger partial charge on any atom is -0.486 e. The lowest BCUT2D eigenvalue weighted by atomic mass is 9.88. The fraction of sp³-hybridized carbons (Fsp3) is 0.250. The maximum atomic E-state index is 12.9. The van der Waals surface area contributed by atoms with Gasteiger partial charge in [-0.2, -0.15) is 0 Å². The molecule has 0 unspecified atom stereocenters. The Labute approximate surface area is 160 Å². The summed E-state index contributed by atoms with van der Waals surface area (Å²) in [5.41, 5.74) is 4.08. The molecule has 0 saturated heterocycles. The van der Waals surface area contributed by atoms with Crippen LogP contribution in [0, 0.1) is 0 Å². The van der Waals surface area contributed by atoms with Gasteiger partial charge in [0.2, 0.25) is 5.91 Å². The number of hydrogen-bond acceptors (Lipinski definition) is 6. The lowest BCUT2D eigenvalue weighted by Crippen LogP contribution is -2.44. The highest BCUT2D eigenvalue weighted by molar-refractivity contribution is 6.12. The van der Waals surface area contributed by atoms with E-state index in [1.54, 1.807) is 36.4 Å². The predicted octanol–water partition coefficient (Wildman–Crippen LogP) is 0.750. The van der Waals surface area contributed by atoms with Gasteiger partial charge in [-0.1, -0.05) is 18.2 Å². The van der Waals surface area contributed by atoms with Crippen molar-refractivity contribution in [1.29, 1.82) is 0 Å². The Morgan fingerprint density at radius 3 is 2.57 bits per heavy atom. The van der Waals surface area contributed by atoms with Gasteiger partial charge in [0.15, 0.2) is 22.9 Å². The Hall–Kier alpha value is -3.39. The molecule has 0 fully saturated rings. The number of hydrogen-bond donors (Lipinski definition) is 2. The van der Waals surface area contributed by atoms with Crippen molar-refractivity contribution in [3.05, 3.63) is 53.6 Å². The van der Waals surface area contributed by atoms with Gasteiger partial charge in [-0.25, -0.2) is 0 Å². The molecule has 2 aliphatic rings. The van der Waals surface area contributed by atoms with E-state index in [0.717, 1.165) is 4.90 Å². The largest absolute Gasteiger partial charge is 0.486 e. The summed E-state index contributed by atoms with van der Waals surface area (Å²) in [5, 5.41) is 11.1. The summed E-state index contributed by atoms with van der Waals surface area (Å²) in [5.74, 6) is -0.929. The van der Waals surface area contributed by atoms with Crippen LogP contribution < -0.4 is 20.1 Å². The van der Waals surface area contributed by atoms with E-state index >= 15 is 0 Å². The number of primary amides is 1. The molecule has 3 N–H and O–H groups in total. The van der Waals surface area contributed by atoms with Gasteiger partial charge in [0.1, 0.15) is 19.8 Å².